The third kappa shape index (κ3) is 6.51. The summed E-state index contributed by atoms with van der Waals surface area (Å²) in [6.07, 6.45) is 1.55. The summed E-state index contributed by atoms with van der Waals surface area (Å²) in [6, 6.07) is 6.78. The van der Waals surface area contributed by atoms with Gasteiger partial charge in [0, 0.05) is 30.4 Å². The van der Waals surface area contributed by atoms with Gasteiger partial charge in [-0.15, -0.1) is 11.3 Å². The van der Waals surface area contributed by atoms with Gasteiger partial charge < -0.3 is 25.6 Å². The van der Waals surface area contributed by atoms with Gasteiger partial charge in [-0.3, -0.25) is 14.4 Å². The molecular formula is C26H29ClF2N4O4S. The summed E-state index contributed by atoms with van der Waals surface area (Å²) >= 11 is 7.09. The molecule has 1 saturated heterocycles. The topological polar surface area (TPSA) is 99.8 Å². The molecule has 2 saturated carbocycles. The molecule has 2 heterocycles. The molecule has 38 heavy (non-hydrogen) atoms. The highest BCUT2D eigenvalue weighted by atomic mass is 35.5. The first-order valence-corrected chi connectivity index (χ1v) is 13.9. The zero-order valence-corrected chi connectivity index (χ0v) is 22.1. The van der Waals surface area contributed by atoms with E-state index in [-0.39, 0.29) is 55.2 Å². The van der Waals surface area contributed by atoms with Gasteiger partial charge in [-0.2, -0.15) is 0 Å². The van der Waals surface area contributed by atoms with Crippen LogP contribution in [-0.2, 0) is 14.3 Å². The smallest absolute Gasteiger partial charge is 0.265 e. The van der Waals surface area contributed by atoms with E-state index in [1.807, 2.05) is 0 Å². The number of anilines is 2. The number of halogens is 3. The van der Waals surface area contributed by atoms with E-state index in [1.165, 1.54) is 23.1 Å². The zero-order valence-electron chi connectivity index (χ0n) is 20.6. The van der Waals surface area contributed by atoms with Crippen molar-refractivity contribution >= 4 is 52.0 Å². The van der Waals surface area contributed by atoms with Crippen molar-refractivity contribution in [1.82, 2.24) is 10.6 Å². The maximum Gasteiger partial charge on any atom is 0.265 e. The van der Waals surface area contributed by atoms with Gasteiger partial charge in [-0.25, -0.2) is 8.78 Å². The van der Waals surface area contributed by atoms with Crippen molar-refractivity contribution in [3.63, 3.8) is 0 Å². The second-order valence-corrected chi connectivity index (χ2v) is 11.6. The zero-order chi connectivity index (χ0) is 26.8. The molecule has 204 valence electrons. The first kappa shape index (κ1) is 27.0. The van der Waals surface area contributed by atoms with Crippen molar-refractivity contribution in [2.45, 2.75) is 44.2 Å². The van der Waals surface area contributed by atoms with Gasteiger partial charge in [0.2, 0.25) is 5.91 Å². The van der Waals surface area contributed by atoms with Crippen LogP contribution in [0.5, 0.6) is 0 Å². The molecule has 1 atom stereocenters. The van der Waals surface area contributed by atoms with Gasteiger partial charge in [0.1, 0.15) is 12.6 Å². The number of morpholine rings is 1. The van der Waals surface area contributed by atoms with Crippen molar-refractivity contribution in [1.29, 1.82) is 0 Å². The van der Waals surface area contributed by atoms with Crippen molar-refractivity contribution in [2.24, 2.45) is 11.8 Å². The summed E-state index contributed by atoms with van der Waals surface area (Å²) in [5.41, 5.74) is -0.0584. The molecule has 3 amide bonds. The van der Waals surface area contributed by atoms with E-state index in [2.05, 4.69) is 16.0 Å². The van der Waals surface area contributed by atoms with Crippen LogP contribution in [0.4, 0.5) is 20.2 Å². The summed E-state index contributed by atoms with van der Waals surface area (Å²) < 4.78 is 33.5. The summed E-state index contributed by atoms with van der Waals surface area (Å²) in [7, 11) is 0. The Morgan fingerprint density at radius 3 is 2.47 bits per heavy atom. The normalized spacial score (nSPS) is 18.7. The highest BCUT2D eigenvalue weighted by Gasteiger charge is 2.43. The average molecular weight is 567 g/mol. The fourth-order valence-corrected chi connectivity index (χ4v) is 5.76. The number of alkyl halides is 2. The predicted octanol–water partition coefficient (Wildman–Crippen LogP) is 4.22. The maximum atomic E-state index is 14.0. The Morgan fingerprint density at radius 2 is 1.87 bits per heavy atom. The van der Waals surface area contributed by atoms with E-state index in [1.54, 1.807) is 12.1 Å². The minimum atomic E-state index is -2.85. The number of hydrogen-bond acceptors (Lipinski definition) is 6. The highest BCUT2D eigenvalue weighted by molar-refractivity contribution is 7.18. The molecule has 3 N–H and O–H groups in total. The Hall–Kier alpha value is -2.60. The molecule has 5 rings (SSSR count). The fraction of sp³-hybridized carbons (Fsp3) is 0.500. The van der Waals surface area contributed by atoms with Crippen LogP contribution in [0.2, 0.25) is 4.34 Å². The standard InChI is InChI=1S/C26H29ClF2N4O4S/c27-21-8-7-20(38-21)26(36)30-12-18(32-23(14-1-2-14)15-3-4-15)25(35)31-16-5-6-19(17(11-16)24(28)29)33-9-10-37-13-22(33)34/h5-8,11,14-15,18,23-24,32H,1-4,9-10,12-13H2,(H,30,36)(H,31,35)/t18-/m1/s1. The van der Waals surface area contributed by atoms with Crippen LogP contribution in [0.15, 0.2) is 30.3 Å². The SMILES string of the molecule is O=C(NC[C@@H](NC(C1CC1)C1CC1)C(=O)Nc1ccc(N2CCOCC2=O)c(C(F)F)c1)c1ccc(Cl)s1. The minimum Gasteiger partial charge on any atom is -0.370 e. The van der Waals surface area contributed by atoms with Gasteiger partial charge in [-0.05, 0) is 67.9 Å². The number of nitrogens with one attached hydrogen (secondary N) is 3. The van der Waals surface area contributed by atoms with Crippen molar-refractivity contribution in [2.75, 3.05) is 36.5 Å². The number of carbonyl (C=O) groups excluding carboxylic acids is 3. The van der Waals surface area contributed by atoms with Crippen molar-refractivity contribution < 1.29 is 27.9 Å². The predicted molar refractivity (Wildman–Crippen MR) is 141 cm³/mol. The number of nitrogens with zero attached hydrogens (tertiary/aromatic N) is 1. The van der Waals surface area contributed by atoms with E-state index in [0.717, 1.165) is 37.0 Å². The number of ether oxygens (including phenoxy) is 1. The summed E-state index contributed by atoms with van der Waals surface area (Å²) in [5.74, 6) is -0.166. The lowest BCUT2D eigenvalue weighted by atomic mass is 10.1. The van der Waals surface area contributed by atoms with Crippen LogP contribution >= 0.6 is 22.9 Å². The van der Waals surface area contributed by atoms with Crippen LogP contribution in [0, 0.1) is 11.8 Å². The lowest BCUT2D eigenvalue weighted by Gasteiger charge is -2.29. The first-order chi connectivity index (χ1) is 18.3. The first-order valence-electron chi connectivity index (χ1n) is 12.7. The lowest BCUT2D eigenvalue weighted by Crippen LogP contribution is -2.53. The lowest BCUT2D eigenvalue weighted by molar-refractivity contribution is -0.125. The third-order valence-electron chi connectivity index (χ3n) is 7.04. The van der Waals surface area contributed by atoms with Crippen molar-refractivity contribution in [3.05, 3.63) is 45.1 Å². The molecule has 0 bridgehead atoms. The molecule has 3 aliphatic rings. The van der Waals surface area contributed by atoms with E-state index >= 15 is 0 Å². The maximum absolute atomic E-state index is 14.0. The molecule has 2 aliphatic carbocycles. The minimum absolute atomic E-state index is 0.0260. The largest absolute Gasteiger partial charge is 0.370 e. The molecule has 0 unspecified atom stereocenters. The molecule has 1 aliphatic heterocycles. The molecule has 3 fully saturated rings. The van der Waals surface area contributed by atoms with Gasteiger partial charge in [0.05, 0.1) is 21.5 Å². The molecule has 12 heteroatoms. The van der Waals surface area contributed by atoms with E-state index < -0.39 is 24.3 Å². The number of carbonyl (C=O) groups is 3. The quantitative estimate of drug-likeness (QED) is 0.378. The number of benzene rings is 1. The Morgan fingerprint density at radius 1 is 1.13 bits per heavy atom. The molecule has 0 spiro atoms. The van der Waals surface area contributed by atoms with Crippen LogP contribution in [0.3, 0.4) is 0 Å². The van der Waals surface area contributed by atoms with E-state index in [0.29, 0.717) is 21.0 Å². The van der Waals surface area contributed by atoms with E-state index in [9.17, 15) is 23.2 Å². The fourth-order valence-electron chi connectivity index (χ4n) is 4.80. The number of hydrogen-bond donors (Lipinski definition) is 3. The number of amides is 3. The summed E-state index contributed by atoms with van der Waals surface area (Å²) in [5, 5.41) is 8.99. The van der Waals surface area contributed by atoms with Crippen LogP contribution in [0.25, 0.3) is 0 Å². The van der Waals surface area contributed by atoms with Gasteiger partial charge >= 0.3 is 0 Å². The third-order valence-corrected chi connectivity index (χ3v) is 8.27. The monoisotopic (exact) mass is 566 g/mol. The molecule has 2 aromatic rings. The Balaban J connectivity index is 1.31. The second kappa shape index (κ2) is 11.6. The van der Waals surface area contributed by atoms with Crippen molar-refractivity contribution in [3.8, 4) is 0 Å². The number of rotatable bonds is 11. The number of thiophene rings is 1. The van der Waals surface area contributed by atoms with Gasteiger partial charge in [-0.1, -0.05) is 11.6 Å². The molecule has 8 nitrogen and oxygen atoms in total. The van der Waals surface area contributed by atoms with Gasteiger partial charge in [0.15, 0.2) is 0 Å². The van der Waals surface area contributed by atoms with Crippen LogP contribution in [-0.4, -0.2) is 56.1 Å². The Labute approximate surface area is 228 Å². The van der Waals surface area contributed by atoms with Gasteiger partial charge in [0.25, 0.3) is 18.2 Å². The molecular weight excluding hydrogens is 538 g/mol. The van der Waals surface area contributed by atoms with Crippen LogP contribution < -0.4 is 20.9 Å². The Kier molecular flexibility index (Phi) is 8.27. The summed E-state index contributed by atoms with van der Waals surface area (Å²) in [4.78, 5) is 39.9. The Bertz CT molecular complexity index is 1190. The molecule has 1 aromatic carbocycles. The highest BCUT2D eigenvalue weighted by Crippen LogP contribution is 2.44. The van der Waals surface area contributed by atoms with E-state index in [4.69, 9.17) is 16.3 Å². The molecule has 0 radical (unpaired) electrons. The van der Waals surface area contributed by atoms with Crippen LogP contribution in [0.1, 0.15) is 47.3 Å². The average Bonchev–Trinajstić information content (AvgIpc) is 3.83. The second-order valence-electron chi connectivity index (χ2n) is 9.90. The molecule has 1 aromatic heterocycles. The summed E-state index contributed by atoms with van der Waals surface area (Å²) in [6.45, 7) is 0.293.